The summed E-state index contributed by atoms with van der Waals surface area (Å²) < 4.78 is 7.78. The molecule has 1 aliphatic carbocycles. The Kier molecular flexibility index (Phi) is 12.0. The topological polar surface area (TPSA) is 121 Å². The van der Waals surface area contributed by atoms with Gasteiger partial charge in [0, 0.05) is 38.5 Å². The maximum absolute atomic E-state index is 13.7. The van der Waals surface area contributed by atoms with Crippen LogP contribution in [0.25, 0.3) is 11.1 Å². The molecule has 4 unspecified atom stereocenters. The fourth-order valence-electron chi connectivity index (χ4n) is 7.45. The highest BCUT2D eigenvalue weighted by Gasteiger charge is 2.60. The SMILES string of the molecule is CCCCCCC(CCC)C(=O)OC1CCCC12CNCCC2(O)Cn1cc(C(=O)N(C)C)c(-c2cccc(CO)c2)cc1=O. The van der Waals surface area contributed by atoms with E-state index in [2.05, 4.69) is 19.2 Å². The van der Waals surface area contributed by atoms with Gasteiger partial charge in [0.25, 0.3) is 11.5 Å². The largest absolute Gasteiger partial charge is 0.461 e. The van der Waals surface area contributed by atoms with Gasteiger partial charge in [-0.15, -0.1) is 0 Å². The zero-order chi connectivity index (χ0) is 32.6. The molecule has 1 aromatic carbocycles. The first-order chi connectivity index (χ1) is 21.6. The van der Waals surface area contributed by atoms with Crippen molar-refractivity contribution in [1.29, 1.82) is 0 Å². The molecule has 45 heavy (non-hydrogen) atoms. The number of unbranched alkanes of at least 4 members (excludes halogenated alkanes) is 3. The van der Waals surface area contributed by atoms with E-state index in [9.17, 15) is 24.6 Å². The van der Waals surface area contributed by atoms with E-state index in [1.165, 1.54) is 15.5 Å². The summed E-state index contributed by atoms with van der Waals surface area (Å²) in [7, 11) is 3.32. The molecule has 1 aromatic heterocycles. The van der Waals surface area contributed by atoms with Gasteiger partial charge in [-0.3, -0.25) is 14.4 Å². The van der Waals surface area contributed by atoms with Crippen LogP contribution in [0.3, 0.4) is 0 Å². The Morgan fingerprint density at radius 2 is 1.91 bits per heavy atom. The third-order valence-electron chi connectivity index (χ3n) is 10.0. The van der Waals surface area contributed by atoms with Crippen LogP contribution in [0, 0.1) is 11.3 Å². The summed E-state index contributed by atoms with van der Waals surface area (Å²) in [5, 5.41) is 25.6. The average molecular weight is 624 g/mol. The molecule has 2 aromatic rings. The van der Waals surface area contributed by atoms with Crippen molar-refractivity contribution in [3.05, 3.63) is 58.0 Å². The Hall–Kier alpha value is -3.01. The molecule has 9 heteroatoms. The molecule has 0 bridgehead atoms. The van der Waals surface area contributed by atoms with Gasteiger partial charge in [0.2, 0.25) is 0 Å². The van der Waals surface area contributed by atoms with Gasteiger partial charge in [-0.05, 0) is 62.3 Å². The Labute approximate surface area is 268 Å². The summed E-state index contributed by atoms with van der Waals surface area (Å²) in [6, 6.07) is 8.60. The van der Waals surface area contributed by atoms with Gasteiger partial charge in [0.15, 0.2) is 0 Å². The second-order valence-corrected chi connectivity index (χ2v) is 13.4. The Morgan fingerprint density at radius 1 is 1.11 bits per heavy atom. The van der Waals surface area contributed by atoms with E-state index in [-0.39, 0.29) is 36.5 Å². The number of nitrogens with zero attached hydrogens (tertiary/aromatic N) is 2. The monoisotopic (exact) mass is 623 g/mol. The number of carbonyl (C=O) groups is 2. The average Bonchev–Trinajstić information content (AvgIpc) is 3.43. The number of esters is 1. The Morgan fingerprint density at radius 3 is 2.62 bits per heavy atom. The third kappa shape index (κ3) is 7.69. The van der Waals surface area contributed by atoms with Crippen LogP contribution in [0.15, 0.2) is 41.3 Å². The minimum atomic E-state index is -1.33. The quantitative estimate of drug-likeness (QED) is 0.202. The zero-order valence-electron chi connectivity index (χ0n) is 27.6. The van der Waals surface area contributed by atoms with Crippen LogP contribution in [0.4, 0.5) is 0 Å². The van der Waals surface area contributed by atoms with E-state index in [4.69, 9.17) is 4.74 Å². The van der Waals surface area contributed by atoms with Crippen molar-refractivity contribution in [1.82, 2.24) is 14.8 Å². The molecular formula is C36H53N3O6. The predicted octanol–water partition coefficient (Wildman–Crippen LogP) is 4.90. The molecule has 0 radical (unpaired) electrons. The second kappa shape index (κ2) is 15.5. The number of benzene rings is 1. The first-order valence-corrected chi connectivity index (χ1v) is 16.9. The van der Waals surface area contributed by atoms with Crippen LogP contribution in [0.1, 0.15) is 100 Å². The number of ether oxygens (including phenoxy) is 1. The van der Waals surface area contributed by atoms with Crippen LogP contribution < -0.4 is 10.9 Å². The molecule has 2 fully saturated rings. The highest BCUT2D eigenvalue weighted by atomic mass is 16.5. The molecule has 2 aliphatic rings. The highest BCUT2D eigenvalue weighted by molar-refractivity contribution is 6.00. The number of aliphatic hydroxyl groups is 2. The smallest absolute Gasteiger partial charge is 0.309 e. The van der Waals surface area contributed by atoms with Crippen LogP contribution in [0.2, 0.25) is 0 Å². The third-order valence-corrected chi connectivity index (χ3v) is 10.0. The summed E-state index contributed by atoms with van der Waals surface area (Å²) in [5.41, 5.74) is -0.270. The number of rotatable bonds is 14. The molecule has 3 N–H and O–H groups in total. The second-order valence-electron chi connectivity index (χ2n) is 13.4. The first-order valence-electron chi connectivity index (χ1n) is 16.9. The molecule has 1 saturated carbocycles. The minimum absolute atomic E-state index is 0.0123. The molecule has 1 aliphatic heterocycles. The van der Waals surface area contributed by atoms with Crippen LogP contribution >= 0.6 is 0 Å². The summed E-state index contributed by atoms with van der Waals surface area (Å²) in [4.78, 5) is 42.1. The van der Waals surface area contributed by atoms with Gasteiger partial charge in [-0.2, -0.15) is 0 Å². The standard InChI is InChI=1S/C36H53N3O6/c1-5-7-8-9-14-27(12-6-2)34(43)45-31-16-11-17-35(31)24-37-19-18-36(35,44)25-39-22-30(33(42)38(3)4)29(21-32(39)41)28-15-10-13-26(20-28)23-40/h10,13,15,20-22,27,31,37,40,44H,5-9,11-12,14,16-19,23-25H2,1-4H3. The van der Waals surface area contributed by atoms with Crippen molar-refractivity contribution in [2.75, 3.05) is 27.2 Å². The van der Waals surface area contributed by atoms with Crippen molar-refractivity contribution < 1.29 is 24.5 Å². The van der Waals surface area contributed by atoms with E-state index in [1.807, 2.05) is 6.07 Å². The summed E-state index contributed by atoms with van der Waals surface area (Å²) in [6.07, 6.45) is 10.6. The number of hydrogen-bond acceptors (Lipinski definition) is 7. The number of pyridine rings is 1. The van der Waals surface area contributed by atoms with E-state index in [0.717, 1.165) is 51.4 Å². The van der Waals surface area contributed by atoms with Gasteiger partial charge < -0.3 is 29.7 Å². The molecule has 248 valence electrons. The maximum atomic E-state index is 13.7. The van der Waals surface area contributed by atoms with Crippen molar-refractivity contribution in [3.63, 3.8) is 0 Å². The number of carbonyl (C=O) groups excluding carboxylic acids is 2. The highest BCUT2D eigenvalue weighted by Crippen LogP contribution is 2.51. The van der Waals surface area contributed by atoms with Gasteiger partial charge in [0.05, 0.1) is 35.6 Å². The van der Waals surface area contributed by atoms with Crippen molar-refractivity contribution in [3.8, 4) is 11.1 Å². The van der Waals surface area contributed by atoms with Gasteiger partial charge >= 0.3 is 5.97 Å². The molecule has 4 atom stereocenters. The summed E-state index contributed by atoms with van der Waals surface area (Å²) in [5.74, 6) is -0.583. The summed E-state index contributed by atoms with van der Waals surface area (Å²) in [6.45, 7) is 5.15. The number of amides is 1. The molecule has 4 rings (SSSR count). The first kappa shape index (κ1) is 34.9. The molecule has 1 spiro atoms. The lowest BCUT2D eigenvalue weighted by Crippen LogP contribution is -2.65. The number of aliphatic hydroxyl groups excluding tert-OH is 1. The molecule has 2 heterocycles. The molecule has 9 nitrogen and oxygen atoms in total. The lowest BCUT2D eigenvalue weighted by atomic mass is 9.65. The fraction of sp³-hybridized carbons (Fsp3) is 0.639. The van der Waals surface area contributed by atoms with Gasteiger partial charge in [-0.1, -0.05) is 64.2 Å². The predicted molar refractivity (Wildman–Crippen MR) is 176 cm³/mol. The Bertz CT molecular complexity index is 1370. The maximum Gasteiger partial charge on any atom is 0.309 e. The van der Waals surface area contributed by atoms with Crippen LogP contribution in [0.5, 0.6) is 0 Å². The summed E-state index contributed by atoms with van der Waals surface area (Å²) >= 11 is 0. The molecule has 1 amide bonds. The number of piperidine rings is 1. The fourth-order valence-corrected chi connectivity index (χ4v) is 7.45. The molecule has 1 saturated heterocycles. The normalized spacial score (nSPS) is 23.6. The lowest BCUT2D eigenvalue weighted by molar-refractivity contribution is -0.187. The number of nitrogens with one attached hydrogen (secondary N) is 1. The number of hydrogen-bond donors (Lipinski definition) is 3. The number of aromatic nitrogens is 1. The van der Waals surface area contributed by atoms with E-state index in [0.29, 0.717) is 54.6 Å². The zero-order valence-corrected chi connectivity index (χ0v) is 27.6. The van der Waals surface area contributed by atoms with Crippen LogP contribution in [-0.4, -0.2) is 70.4 Å². The van der Waals surface area contributed by atoms with Gasteiger partial charge in [0.1, 0.15) is 6.10 Å². The van der Waals surface area contributed by atoms with E-state index in [1.54, 1.807) is 38.5 Å². The van der Waals surface area contributed by atoms with Crippen LogP contribution in [-0.2, 0) is 22.7 Å². The van der Waals surface area contributed by atoms with E-state index >= 15 is 0 Å². The lowest BCUT2D eigenvalue weighted by Gasteiger charge is -2.51. The van der Waals surface area contributed by atoms with E-state index < -0.39 is 17.1 Å². The van der Waals surface area contributed by atoms with Crippen molar-refractivity contribution in [2.45, 2.75) is 109 Å². The molecular weight excluding hydrogens is 570 g/mol. The van der Waals surface area contributed by atoms with Gasteiger partial charge in [-0.25, -0.2) is 0 Å². The Balaban J connectivity index is 1.66. The van der Waals surface area contributed by atoms with Crippen molar-refractivity contribution in [2.24, 2.45) is 11.3 Å². The van der Waals surface area contributed by atoms with Crippen molar-refractivity contribution >= 4 is 11.9 Å². The minimum Gasteiger partial charge on any atom is -0.461 e.